The van der Waals surface area contributed by atoms with E-state index in [1.807, 2.05) is 25.1 Å². The van der Waals surface area contributed by atoms with Crippen molar-refractivity contribution in [2.45, 2.75) is 24.5 Å². The van der Waals surface area contributed by atoms with Crippen molar-refractivity contribution in [2.75, 3.05) is 13.3 Å². The van der Waals surface area contributed by atoms with Crippen molar-refractivity contribution in [1.82, 2.24) is 4.90 Å². The number of carbonyl (C=O) groups excluding carboxylic acids is 1. The maximum absolute atomic E-state index is 13.0. The fourth-order valence-corrected chi connectivity index (χ4v) is 3.95. The molecule has 162 valence electrons. The van der Waals surface area contributed by atoms with Crippen molar-refractivity contribution in [2.24, 2.45) is 0 Å². The van der Waals surface area contributed by atoms with Crippen LogP contribution in [0.5, 0.6) is 5.75 Å². The molecule has 3 rings (SSSR count). The molecule has 31 heavy (non-hydrogen) atoms. The highest BCUT2D eigenvalue weighted by atomic mass is 35.5. The highest BCUT2D eigenvalue weighted by Crippen LogP contribution is 2.24. The molecule has 7 heteroatoms. The number of ether oxygens (including phenoxy) is 1. The summed E-state index contributed by atoms with van der Waals surface area (Å²) in [7, 11) is -1.54. The monoisotopic (exact) mass is 457 g/mol. The zero-order valence-electron chi connectivity index (χ0n) is 17.6. The minimum Gasteiger partial charge on any atom is -0.489 e. The number of carbonyl (C=O) groups is 1. The second-order valence-electron chi connectivity index (χ2n) is 7.38. The quantitative estimate of drug-likeness (QED) is 0.491. The molecule has 0 saturated heterocycles. The van der Waals surface area contributed by atoms with Gasteiger partial charge in [-0.1, -0.05) is 41.9 Å². The second-order valence-corrected chi connectivity index (χ2v) is 9.83. The summed E-state index contributed by atoms with van der Waals surface area (Å²) in [5, 5.41) is 0.644. The van der Waals surface area contributed by atoms with E-state index in [-0.39, 0.29) is 16.8 Å². The number of hydrogen-bond donors (Lipinski definition) is 0. The lowest BCUT2D eigenvalue weighted by Crippen LogP contribution is -2.29. The number of benzene rings is 3. The van der Waals surface area contributed by atoms with E-state index in [9.17, 15) is 13.2 Å². The van der Waals surface area contributed by atoms with Gasteiger partial charge in [-0.3, -0.25) is 4.79 Å². The van der Waals surface area contributed by atoms with Crippen LogP contribution in [-0.4, -0.2) is 32.5 Å². The van der Waals surface area contributed by atoms with Crippen LogP contribution in [-0.2, 0) is 16.4 Å². The maximum Gasteiger partial charge on any atom is 0.254 e. The molecule has 3 aromatic carbocycles. The van der Waals surface area contributed by atoms with E-state index >= 15 is 0 Å². The molecule has 0 radical (unpaired) electrons. The van der Waals surface area contributed by atoms with Gasteiger partial charge in [0.25, 0.3) is 5.91 Å². The normalized spacial score (nSPS) is 12.3. The molecular weight excluding hydrogens is 434 g/mol. The van der Waals surface area contributed by atoms with Gasteiger partial charge in [0.15, 0.2) is 9.84 Å². The third kappa shape index (κ3) is 5.87. The van der Waals surface area contributed by atoms with Crippen LogP contribution < -0.4 is 4.74 Å². The van der Waals surface area contributed by atoms with Crippen molar-refractivity contribution in [3.8, 4) is 5.75 Å². The Morgan fingerprint density at radius 1 is 1.03 bits per heavy atom. The van der Waals surface area contributed by atoms with Crippen LogP contribution in [0.2, 0.25) is 5.02 Å². The topological polar surface area (TPSA) is 63.7 Å². The van der Waals surface area contributed by atoms with Gasteiger partial charge in [0.05, 0.1) is 10.9 Å². The smallest absolute Gasteiger partial charge is 0.254 e. The molecule has 0 aliphatic heterocycles. The van der Waals surface area contributed by atoms with Crippen molar-refractivity contribution < 1.29 is 17.9 Å². The average molecular weight is 458 g/mol. The molecule has 1 unspecified atom stereocenters. The number of sulfone groups is 1. The first-order chi connectivity index (χ1) is 14.6. The Morgan fingerprint density at radius 2 is 1.71 bits per heavy atom. The highest BCUT2D eigenvalue weighted by molar-refractivity contribution is 7.90. The molecule has 0 spiro atoms. The van der Waals surface area contributed by atoms with Gasteiger partial charge < -0.3 is 9.64 Å². The molecule has 0 heterocycles. The lowest BCUT2D eigenvalue weighted by atomic mass is 10.1. The van der Waals surface area contributed by atoms with E-state index in [2.05, 4.69) is 0 Å². The summed E-state index contributed by atoms with van der Waals surface area (Å²) in [6, 6.07) is 20.8. The Bertz CT molecular complexity index is 1180. The zero-order valence-corrected chi connectivity index (χ0v) is 19.2. The van der Waals surface area contributed by atoms with Crippen LogP contribution in [0.15, 0.2) is 77.7 Å². The predicted octanol–water partition coefficient (Wildman–Crippen LogP) is 5.16. The van der Waals surface area contributed by atoms with E-state index in [1.165, 1.54) is 6.26 Å². The first kappa shape index (κ1) is 22.8. The number of nitrogens with zero attached hydrogens (tertiary/aromatic N) is 1. The predicted molar refractivity (Wildman–Crippen MR) is 122 cm³/mol. The summed E-state index contributed by atoms with van der Waals surface area (Å²) in [4.78, 5) is 14.9. The van der Waals surface area contributed by atoms with Crippen LogP contribution in [0.3, 0.4) is 0 Å². The van der Waals surface area contributed by atoms with E-state index in [1.54, 1.807) is 66.5 Å². The third-order valence-electron chi connectivity index (χ3n) is 5.07. The van der Waals surface area contributed by atoms with Crippen LogP contribution in [0.25, 0.3) is 0 Å². The van der Waals surface area contributed by atoms with Crippen LogP contribution >= 0.6 is 11.6 Å². The van der Waals surface area contributed by atoms with Crippen molar-refractivity contribution in [3.63, 3.8) is 0 Å². The van der Waals surface area contributed by atoms with Gasteiger partial charge in [-0.2, -0.15) is 0 Å². The van der Waals surface area contributed by atoms with Gasteiger partial charge in [0, 0.05) is 23.9 Å². The largest absolute Gasteiger partial charge is 0.489 e. The Labute approximate surface area is 188 Å². The summed E-state index contributed by atoms with van der Waals surface area (Å²) in [6.07, 6.45) is 1.17. The molecule has 0 fully saturated rings. The van der Waals surface area contributed by atoms with Gasteiger partial charge in [-0.25, -0.2) is 8.42 Å². The van der Waals surface area contributed by atoms with Gasteiger partial charge in [0.1, 0.15) is 12.4 Å². The van der Waals surface area contributed by atoms with Gasteiger partial charge >= 0.3 is 0 Å². The number of hydrogen-bond acceptors (Lipinski definition) is 4. The number of halogens is 1. The Morgan fingerprint density at radius 3 is 2.35 bits per heavy atom. The molecule has 0 aliphatic rings. The first-order valence-electron chi connectivity index (χ1n) is 9.69. The van der Waals surface area contributed by atoms with Crippen LogP contribution in [0.1, 0.15) is 34.5 Å². The molecule has 1 amide bonds. The van der Waals surface area contributed by atoms with Crippen molar-refractivity contribution >= 4 is 27.3 Å². The molecule has 0 aliphatic carbocycles. The summed E-state index contributed by atoms with van der Waals surface area (Å²) in [5.74, 6) is 0.428. The van der Waals surface area contributed by atoms with Gasteiger partial charge in [-0.05, 0) is 60.5 Å². The average Bonchev–Trinajstić information content (AvgIpc) is 2.76. The molecule has 3 aromatic rings. The molecule has 5 nitrogen and oxygen atoms in total. The zero-order chi connectivity index (χ0) is 22.6. The Balaban J connectivity index is 1.70. The fourth-order valence-electron chi connectivity index (χ4n) is 3.11. The maximum atomic E-state index is 13.0. The Hall–Kier alpha value is -2.83. The third-order valence-corrected chi connectivity index (χ3v) is 6.43. The molecule has 1 atom stereocenters. The minimum atomic E-state index is -3.26. The Kier molecular flexibility index (Phi) is 7.03. The number of amides is 1. The van der Waals surface area contributed by atoms with E-state index in [0.717, 1.165) is 11.1 Å². The standard InChI is InChI=1S/C24H24ClNO4S/c1-17(19-10-12-23(13-11-19)31(3,28)29)26(2)24(27)20-7-5-9-22(15-20)30-16-18-6-4-8-21(25)14-18/h4-15,17H,16H2,1-3H3. The molecule has 0 N–H and O–H groups in total. The fraction of sp³-hybridized carbons (Fsp3) is 0.208. The summed E-state index contributed by atoms with van der Waals surface area (Å²) in [6.45, 7) is 2.24. The summed E-state index contributed by atoms with van der Waals surface area (Å²) >= 11 is 6.00. The van der Waals surface area contributed by atoms with E-state index in [4.69, 9.17) is 16.3 Å². The lowest BCUT2D eigenvalue weighted by Gasteiger charge is -2.25. The summed E-state index contributed by atoms with van der Waals surface area (Å²) < 4.78 is 29.1. The molecular formula is C24H24ClNO4S. The van der Waals surface area contributed by atoms with Gasteiger partial charge in [-0.15, -0.1) is 0 Å². The number of rotatable bonds is 7. The second kappa shape index (κ2) is 9.54. The van der Waals surface area contributed by atoms with Crippen molar-refractivity contribution in [3.05, 3.63) is 94.5 Å². The van der Waals surface area contributed by atoms with E-state index in [0.29, 0.717) is 22.9 Å². The van der Waals surface area contributed by atoms with Crippen LogP contribution in [0.4, 0.5) is 0 Å². The summed E-state index contributed by atoms with van der Waals surface area (Å²) in [5.41, 5.74) is 2.29. The molecule has 0 saturated carbocycles. The van der Waals surface area contributed by atoms with E-state index < -0.39 is 9.84 Å². The van der Waals surface area contributed by atoms with Gasteiger partial charge in [0.2, 0.25) is 0 Å². The molecule has 0 aromatic heterocycles. The molecule has 0 bridgehead atoms. The SMILES string of the molecule is CC(c1ccc(S(C)(=O)=O)cc1)N(C)C(=O)c1cccc(OCc2cccc(Cl)c2)c1. The highest BCUT2D eigenvalue weighted by Gasteiger charge is 2.20. The lowest BCUT2D eigenvalue weighted by molar-refractivity contribution is 0.0742. The van der Waals surface area contributed by atoms with Crippen LogP contribution in [0, 0.1) is 0 Å². The minimum absolute atomic E-state index is 0.159. The first-order valence-corrected chi connectivity index (χ1v) is 12.0. The van der Waals surface area contributed by atoms with Crippen molar-refractivity contribution in [1.29, 1.82) is 0 Å².